The molecule has 0 N–H and O–H groups in total. The molecule has 2 aliphatic rings. The lowest BCUT2D eigenvalue weighted by Gasteiger charge is -2.15. The molecule has 2 fully saturated rings. The molecule has 2 aliphatic carbocycles. The van der Waals surface area contributed by atoms with Gasteiger partial charge in [-0.1, -0.05) is 219 Å². The van der Waals surface area contributed by atoms with Crippen molar-refractivity contribution in [3.05, 3.63) is 71.8 Å². The third kappa shape index (κ3) is 64.3. The lowest BCUT2D eigenvalue weighted by atomic mass is 9.91. The van der Waals surface area contributed by atoms with Crippen molar-refractivity contribution >= 4 is 0 Å². The van der Waals surface area contributed by atoms with Crippen LogP contribution >= 0.6 is 0 Å². The number of hydrogen-bond donors (Lipinski definition) is 0. The fourth-order valence-corrected chi connectivity index (χ4v) is 3.68. The molecule has 2 aromatic rings. The molecule has 0 saturated heterocycles. The van der Waals surface area contributed by atoms with Gasteiger partial charge in [-0.25, -0.2) is 0 Å². The second kappa shape index (κ2) is 44.7. The lowest BCUT2D eigenvalue weighted by Crippen LogP contribution is -1.99. The molecule has 0 amide bonds. The van der Waals surface area contributed by atoms with Gasteiger partial charge < -0.3 is 0 Å². The van der Waals surface area contributed by atoms with Gasteiger partial charge in [0.1, 0.15) is 0 Å². The van der Waals surface area contributed by atoms with E-state index in [1.54, 1.807) is 0 Å². The molecule has 3 heteroatoms. The van der Waals surface area contributed by atoms with Crippen LogP contribution in [0.2, 0.25) is 0 Å². The Morgan fingerprint density at radius 2 is 0.721 bits per heavy atom. The molecular weight excluding hydrogens is 537 g/mol. The van der Waals surface area contributed by atoms with Crippen LogP contribution in [0.3, 0.4) is 0 Å². The fourth-order valence-electron chi connectivity index (χ4n) is 3.68. The van der Waals surface area contributed by atoms with Gasteiger partial charge in [0.25, 0.3) is 0 Å². The van der Waals surface area contributed by atoms with Gasteiger partial charge in [0.15, 0.2) is 0 Å². The van der Waals surface area contributed by atoms with Crippen molar-refractivity contribution in [1.82, 2.24) is 0 Å². The highest BCUT2D eigenvalue weighted by molar-refractivity contribution is 5.12. The van der Waals surface area contributed by atoms with Gasteiger partial charge in [0, 0.05) is 6.92 Å². The molecular formula is C40H77F3. The van der Waals surface area contributed by atoms with E-state index in [1.165, 1.54) is 81.8 Å². The zero-order valence-corrected chi connectivity index (χ0v) is 30.3. The predicted molar refractivity (Wildman–Crippen MR) is 195 cm³/mol. The first-order valence-electron chi connectivity index (χ1n) is 17.1. The summed E-state index contributed by atoms with van der Waals surface area (Å²) in [5, 5.41) is 0. The standard InChI is InChI=1S/2C7H14.2C7H8.C3H8.C2H3F3.3C2H6.CH4/c4*1-7-5-3-2-4-6-7;1-3-2;1-2(3,4)5;3*1-2;/h2*7H,2-6H2,1H3;2*2-6H,1H3;3H2,1-2H3;1H3;3*1-2H3;1H4. The van der Waals surface area contributed by atoms with Gasteiger partial charge in [-0.05, 0) is 25.7 Å². The topological polar surface area (TPSA) is 0 Å². The quantitative estimate of drug-likeness (QED) is 0.277. The SMILES string of the molecule is C.CC.CC.CC.CC(F)(F)F.CC1CCCCC1.CC1CCCCC1.CCC.Cc1ccccc1.Cc1ccccc1. The van der Waals surface area contributed by atoms with Crippen molar-refractivity contribution in [3.63, 3.8) is 0 Å². The van der Waals surface area contributed by atoms with E-state index in [4.69, 9.17) is 0 Å². The largest absolute Gasteiger partial charge is 0.386 e. The van der Waals surface area contributed by atoms with Crippen molar-refractivity contribution in [2.24, 2.45) is 11.8 Å². The van der Waals surface area contributed by atoms with E-state index < -0.39 is 6.18 Å². The average Bonchev–Trinajstić information content (AvgIpc) is 2.99. The Hall–Kier alpha value is -1.77. The van der Waals surface area contributed by atoms with Crippen LogP contribution in [0.4, 0.5) is 13.2 Å². The number of rotatable bonds is 0. The summed E-state index contributed by atoms with van der Waals surface area (Å²) < 4.78 is 31.1. The van der Waals surface area contributed by atoms with Crippen LogP contribution in [-0.4, -0.2) is 6.18 Å². The van der Waals surface area contributed by atoms with Crippen LogP contribution in [0.15, 0.2) is 60.7 Å². The zero-order valence-electron chi connectivity index (χ0n) is 30.3. The van der Waals surface area contributed by atoms with Crippen LogP contribution in [0, 0.1) is 25.7 Å². The predicted octanol–water partition coefficient (Wildman–Crippen LogP) is 15.9. The Morgan fingerprint density at radius 1 is 0.535 bits per heavy atom. The Balaban J connectivity index is -0.0000000931. The minimum atomic E-state index is -4.00. The molecule has 0 aliphatic heterocycles. The summed E-state index contributed by atoms with van der Waals surface area (Å²) in [6.45, 7) is 25.3. The normalized spacial score (nSPS) is 13.3. The first-order valence-corrected chi connectivity index (χ1v) is 17.1. The summed E-state index contributed by atoms with van der Waals surface area (Å²) in [5.74, 6) is 2.07. The third-order valence-electron chi connectivity index (χ3n) is 5.67. The molecule has 43 heavy (non-hydrogen) atoms. The smallest absolute Gasteiger partial charge is 0.172 e. The van der Waals surface area contributed by atoms with E-state index in [0.717, 1.165) is 11.8 Å². The fraction of sp³-hybridized carbons (Fsp3) is 0.700. The van der Waals surface area contributed by atoms with Crippen LogP contribution < -0.4 is 0 Å². The minimum Gasteiger partial charge on any atom is -0.172 e. The van der Waals surface area contributed by atoms with Crippen LogP contribution in [-0.2, 0) is 0 Å². The van der Waals surface area contributed by atoms with Gasteiger partial charge in [0.05, 0.1) is 0 Å². The number of hydrogen-bond acceptors (Lipinski definition) is 0. The second-order valence-electron chi connectivity index (χ2n) is 10.3. The molecule has 0 unspecified atom stereocenters. The monoisotopic (exact) mass is 615 g/mol. The highest BCUT2D eigenvalue weighted by Gasteiger charge is 2.15. The Kier molecular flexibility index (Phi) is 55.8. The van der Waals surface area contributed by atoms with E-state index in [9.17, 15) is 13.2 Å². The molecule has 0 spiro atoms. The van der Waals surface area contributed by atoms with Gasteiger partial charge >= 0.3 is 6.18 Å². The molecule has 4 rings (SSSR count). The van der Waals surface area contributed by atoms with Crippen molar-refractivity contribution in [2.75, 3.05) is 0 Å². The molecule has 2 saturated carbocycles. The molecule has 0 nitrogen and oxygen atoms in total. The van der Waals surface area contributed by atoms with Crippen molar-refractivity contribution < 1.29 is 13.2 Å². The number of halogens is 3. The summed E-state index contributed by atoms with van der Waals surface area (Å²) in [7, 11) is 0. The number of aryl methyl sites for hydroxylation is 2. The second-order valence-corrected chi connectivity index (χ2v) is 10.3. The highest BCUT2D eigenvalue weighted by atomic mass is 19.4. The molecule has 258 valence electrons. The van der Waals surface area contributed by atoms with E-state index >= 15 is 0 Å². The number of alkyl halides is 3. The number of benzene rings is 2. The van der Waals surface area contributed by atoms with E-state index in [1.807, 2.05) is 77.9 Å². The first-order chi connectivity index (χ1) is 20.0. The van der Waals surface area contributed by atoms with E-state index in [0.29, 0.717) is 0 Å². The summed E-state index contributed by atoms with van der Waals surface area (Å²) in [6, 6.07) is 20.5. The molecule has 2 aromatic carbocycles. The zero-order chi connectivity index (χ0) is 33.7. The maximum atomic E-state index is 10.4. The van der Waals surface area contributed by atoms with Crippen molar-refractivity contribution in [1.29, 1.82) is 0 Å². The van der Waals surface area contributed by atoms with Gasteiger partial charge in [-0.2, -0.15) is 13.2 Å². The first kappa shape index (κ1) is 53.8. The van der Waals surface area contributed by atoms with Crippen LogP contribution in [0.1, 0.15) is 165 Å². The molecule has 0 radical (unpaired) electrons. The minimum absolute atomic E-state index is 0. The summed E-state index contributed by atoms with van der Waals surface area (Å²) in [4.78, 5) is 0. The van der Waals surface area contributed by atoms with Gasteiger partial charge in [-0.15, -0.1) is 0 Å². The van der Waals surface area contributed by atoms with E-state index in [2.05, 4.69) is 65.8 Å². The Morgan fingerprint density at radius 3 is 0.814 bits per heavy atom. The molecule has 0 atom stereocenters. The summed E-state index contributed by atoms with van der Waals surface area (Å²) in [6.07, 6.45) is 12.1. The lowest BCUT2D eigenvalue weighted by molar-refractivity contribution is -0.110. The molecule has 0 aromatic heterocycles. The van der Waals surface area contributed by atoms with Crippen LogP contribution in [0.5, 0.6) is 0 Å². The Labute approximate surface area is 270 Å². The highest BCUT2D eigenvalue weighted by Crippen LogP contribution is 2.22. The molecule has 0 heterocycles. The maximum Gasteiger partial charge on any atom is 0.386 e. The average molecular weight is 615 g/mol. The van der Waals surface area contributed by atoms with E-state index in [-0.39, 0.29) is 14.4 Å². The van der Waals surface area contributed by atoms with Crippen LogP contribution in [0.25, 0.3) is 0 Å². The van der Waals surface area contributed by atoms with Crippen molar-refractivity contribution in [3.8, 4) is 0 Å². The van der Waals surface area contributed by atoms with Crippen molar-refractivity contribution in [2.45, 2.75) is 174 Å². The summed E-state index contributed by atoms with van der Waals surface area (Å²) >= 11 is 0. The maximum absolute atomic E-state index is 10.4. The summed E-state index contributed by atoms with van der Waals surface area (Å²) in [5.41, 5.74) is 2.64. The molecule has 0 bridgehead atoms. The Bertz CT molecular complexity index is 594. The van der Waals surface area contributed by atoms with Gasteiger partial charge in [-0.3, -0.25) is 0 Å². The third-order valence-corrected chi connectivity index (χ3v) is 5.67. The van der Waals surface area contributed by atoms with Gasteiger partial charge in [0.2, 0.25) is 0 Å².